The van der Waals surface area contributed by atoms with Gasteiger partial charge in [-0.05, 0) is 58.8 Å². The summed E-state index contributed by atoms with van der Waals surface area (Å²) in [7, 11) is 0. The third-order valence-electron chi connectivity index (χ3n) is 6.87. The lowest BCUT2D eigenvalue weighted by Gasteiger charge is -2.37. The molecule has 0 saturated heterocycles. The normalized spacial score (nSPS) is 14.8. The summed E-state index contributed by atoms with van der Waals surface area (Å²) in [5.41, 5.74) is 4.51. The lowest BCUT2D eigenvalue weighted by atomic mass is 9.88. The van der Waals surface area contributed by atoms with Gasteiger partial charge in [0.2, 0.25) is 0 Å². The molecule has 0 heterocycles. The zero-order chi connectivity index (χ0) is 27.9. The molecule has 0 aliphatic carbocycles. The molecule has 0 spiro atoms. The van der Waals surface area contributed by atoms with Crippen LogP contribution in [0.2, 0.25) is 0 Å². The van der Waals surface area contributed by atoms with Gasteiger partial charge in [-0.1, -0.05) is 96.8 Å². The monoisotopic (exact) mass is 523 g/mol. The zero-order valence-electron chi connectivity index (χ0n) is 24.4. The van der Waals surface area contributed by atoms with Gasteiger partial charge < -0.3 is 20.3 Å². The number of esters is 1. The number of primary amides is 1. The number of hydrogen-bond acceptors (Lipinski definition) is 5. The van der Waals surface area contributed by atoms with Crippen molar-refractivity contribution in [3.05, 3.63) is 24.3 Å². The average molecular weight is 524 g/mol. The third kappa shape index (κ3) is 16.7. The summed E-state index contributed by atoms with van der Waals surface area (Å²) < 4.78 is 11.4. The van der Waals surface area contributed by atoms with E-state index in [1.807, 2.05) is 0 Å². The van der Waals surface area contributed by atoms with E-state index in [-0.39, 0.29) is 18.6 Å². The van der Waals surface area contributed by atoms with Crippen LogP contribution >= 0.6 is 0 Å². The Morgan fingerprint density at radius 2 is 1.38 bits per heavy atom. The predicted octanol–water partition coefficient (Wildman–Crippen LogP) is 7.32. The van der Waals surface area contributed by atoms with Gasteiger partial charge in [0.15, 0.2) is 5.60 Å². The summed E-state index contributed by atoms with van der Waals surface area (Å²) in [6.07, 6.45) is 22.1. The first-order valence-electron chi connectivity index (χ1n) is 14.8. The van der Waals surface area contributed by atoms with Crippen molar-refractivity contribution in [3.8, 4) is 0 Å². The van der Waals surface area contributed by atoms with Crippen molar-refractivity contribution in [1.29, 1.82) is 0 Å². The second kappa shape index (κ2) is 22.3. The van der Waals surface area contributed by atoms with E-state index in [1.54, 1.807) is 20.8 Å². The minimum atomic E-state index is -1.47. The van der Waals surface area contributed by atoms with Crippen LogP contribution in [-0.4, -0.2) is 41.4 Å². The van der Waals surface area contributed by atoms with Crippen molar-refractivity contribution in [2.24, 2.45) is 5.73 Å². The summed E-state index contributed by atoms with van der Waals surface area (Å²) in [6.45, 7) is 10.8. The van der Waals surface area contributed by atoms with Gasteiger partial charge in [-0.2, -0.15) is 0 Å². The van der Waals surface area contributed by atoms with Gasteiger partial charge in [0.1, 0.15) is 6.10 Å². The highest BCUT2D eigenvalue weighted by Gasteiger charge is 2.46. The van der Waals surface area contributed by atoms with E-state index in [1.165, 1.54) is 77.0 Å². The van der Waals surface area contributed by atoms with Crippen molar-refractivity contribution >= 4 is 11.9 Å². The first kappa shape index (κ1) is 35.3. The number of carbonyl (C=O) groups is 2. The smallest absolute Gasteiger partial charge is 0.333 e. The van der Waals surface area contributed by atoms with Crippen molar-refractivity contribution in [2.75, 3.05) is 6.61 Å². The second-order valence-corrected chi connectivity index (χ2v) is 10.5. The minimum absolute atomic E-state index is 0.0634. The number of amides is 1. The maximum Gasteiger partial charge on any atom is 0.333 e. The molecule has 0 aromatic rings. The zero-order valence-corrected chi connectivity index (χ0v) is 24.4. The molecular formula is C31H57NO5. The summed E-state index contributed by atoms with van der Waals surface area (Å²) in [5, 5.41) is 9.67. The SMILES string of the molecule is C=C(C)C(=O)OC(CCCCCCCCC/C=C\CCCCCCCC)C(CC)(OCC(C)O)C(N)=O. The molecule has 0 saturated carbocycles. The molecule has 0 bridgehead atoms. The fourth-order valence-corrected chi connectivity index (χ4v) is 4.47. The summed E-state index contributed by atoms with van der Waals surface area (Å²) >= 11 is 0. The van der Waals surface area contributed by atoms with Gasteiger partial charge >= 0.3 is 5.97 Å². The standard InChI is InChI=1S/C31H57NO5/c1-6-8-9-10-11-12-13-14-15-16-17-18-19-20-21-22-23-24-28(37-29(34)26(3)4)31(7-2,30(32)35)36-25-27(5)33/h14-15,27-28,33H,3,6-13,16-25H2,1-2,4-5H3,(H2,32,35)/b15-14-. The number of nitrogens with two attached hydrogens (primary N) is 1. The third-order valence-corrected chi connectivity index (χ3v) is 6.87. The molecule has 216 valence electrons. The van der Waals surface area contributed by atoms with Gasteiger partial charge in [-0.3, -0.25) is 4.79 Å². The van der Waals surface area contributed by atoms with Crippen LogP contribution in [0.5, 0.6) is 0 Å². The Hall–Kier alpha value is -1.66. The lowest BCUT2D eigenvalue weighted by molar-refractivity contribution is -0.184. The summed E-state index contributed by atoms with van der Waals surface area (Å²) in [5.74, 6) is -1.25. The minimum Gasteiger partial charge on any atom is -0.455 e. The van der Waals surface area contributed by atoms with Crippen LogP contribution in [0.4, 0.5) is 0 Å². The van der Waals surface area contributed by atoms with Crippen molar-refractivity contribution in [1.82, 2.24) is 0 Å². The van der Waals surface area contributed by atoms with Crippen molar-refractivity contribution in [3.63, 3.8) is 0 Å². The first-order valence-corrected chi connectivity index (χ1v) is 14.8. The number of rotatable bonds is 25. The van der Waals surface area contributed by atoms with Crippen LogP contribution in [0.25, 0.3) is 0 Å². The summed E-state index contributed by atoms with van der Waals surface area (Å²) in [4.78, 5) is 24.7. The number of hydrogen-bond donors (Lipinski definition) is 2. The highest BCUT2D eigenvalue weighted by Crippen LogP contribution is 2.29. The van der Waals surface area contributed by atoms with Crippen LogP contribution in [0, 0.1) is 0 Å². The van der Waals surface area contributed by atoms with Crippen molar-refractivity contribution in [2.45, 2.75) is 155 Å². The Balaban J connectivity index is 4.32. The van der Waals surface area contributed by atoms with E-state index in [4.69, 9.17) is 15.2 Å². The van der Waals surface area contributed by atoms with Gasteiger partial charge in [0, 0.05) is 5.57 Å². The van der Waals surface area contributed by atoms with Crippen molar-refractivity contribution < 1.29 is 24.2 Å². The highest BCUT2D eigenvalue weighted by atomic mass is 16.6. The van der Waals surface area contributed by atoms with Gasteiger partial charge in [0.05, 0.1) is 12.7 Å². The van der Waals surface area contributed by atoms with E-state index in [9.17, 15) is 14.7 Å². The molecule has 3 atom stereocenters. The number of unbranched alkanes of at least 4 members (excludes halogenated alkanes) is 13. The largest absolute Gasteiger partial charge is 0.455 e. The van der Waals surface area contributed by atoms with E-state index < -0.39 is 29.7 Å². The number of aliphatic hydroxyl groups excluding tert-OH is 1. The van der Waals surface area contributed by atoms with Crippen LogP contribution in [0.15, 0.2) is 24.3 Å². The van der Waals surface area contributed by atoms with Crippen LogP contribution in [0.3, 0.4) is 0 Å². The topological polar surface area (TPSA) is 98.8 Å². The molecule has 0 radical (unpaired) electrons. The number of carbonyl (C=O) groups excluding carboxylic acids is 2. The Bertz CT molecular complexity index is 646. The van der Waals surface area contributed by atoms with Crippen LogP contribution in [0.1, 0.15) is 137 Å². The Labute approximate surface area is 227 Å². The van der Waals surface area contributed by atoms with Crippen LogP contribution < -0.4 is 5.73 Å². The molecule has 6 nitrogen and oxygen atoms in total. The summed E-state index contributed by atoms with van der Waals surface area (Å²) in [6, 6.07) is 0. The van der Waals surface area contributed by atoms with E-state index >= 15 is 0 Å². The average Bonchev–Trinajstić information content (AvgIpc) is 2.85. The molecule has 6 heteroatoms. The molecule has 37 heavy (non-hydrogen) atoms. The number of allylic oxidation sites excluding steroid dienone is 2. The molecule has 0 aliphatic rings. The van der Waals surface area contributed by atoms with E-state index in [0.717, 1.165) is 19.3 Å². The molecule has 1 amide bonds. The molecule has 0 fully saturated rings. The molecular weight excluding hydrogens is 466 g/mol. The fraction of sp³-hybridized carbons (Fsp3) is 0.806. The first-order chi connectivity index (χ1) is 17.7. The van der Waals surface area contributed by atoms with E-state index in [0.29, 0.717) is 6.42 Å². The lowest BCUT2D eigenvalue weighted by Crippen LogP contribution is -2.57. The number of aliphatic hydroxyl groups is 1. The Morgan fingerprint density at radius 1 is 0.892 bits per heavy atom. The molecule has 0 aromatic carbocycles. The number of ether oxygens (including phenoxy) is 2. The van der Waals surface area contributed by atoms with E-state index in [2.05, 4.69) is 25.7 Å². The fourth-order valence-electron chi connectivity index (χ4n) is 4.47. The highest BCUT2D eigenvalue weighted by molar-refractivity contribution is 5.89. The predicted molar refractivity (Wildman–Crippen MR) is 153 cm³/mol. The molecule has 0 rings (SSSR count). The Morgan fingerprint density at radius 3 is 1.81 bits per heavy atom. The van der Waals surface area contributed by atoms with Gasteiger partial charge in [0.25, 0.3) is 5.91 Å². The quantitative estimate of drug-likeness (QED) is 0.0565. The maximum absolute atomic E-state index is 12.4. The van der Waals surface area contributed by atoms with Gasteiger partial charge in [-0.15, -0.1) is 0 Å². The maximum atomic E-state index is 12.4. The van der Waals surface area contributed by atoms with Gasteiger partial charge in [-0.25, -0.2) is 4.79 Å². The molecule has 0 aromatic heterocycles. The molecule has 3 N–H and O–H groups in total. The Kier molecular flexibility index (Phi) is 21.3. The second-order valence-electron chi connectivity index (χ2n) is 10.5. The molecule has 0 aliphatic heterocycles. The van der Waals surface area contributed by atoms with Crippen LogP contribution in [-0.2, 0) is 19.1 Å². The molecule has 3 unspecified atom stereocenters.